The third kappa shape index (κ3) is 10.7. The number of aliphatic hydroxyl groups is 5. The largest absolute Gasteiger partial charge is 0.465 e. The average molecular weight is 1080 g/mol. The Morgan fingerprint density at radius 2 is 1.14 bits per heavy atom. The van der Waals surface area contributed by atoms with Gasteiger partial charge in [-0.05, 0) is 124 Å². The summed E-state index contributed by atoms with van der Waals surface area (Å²) in [5, 5.41) is 63.6. The molecule has 2 heterocycles. The molecule has 19 unspecified atom stereocenters. The molecule has 4 saturated carbocycles. The number of rotatable bonds is 16. The van der Waals surface area contributed by atoms with E-state index in [0.717, 1.165) is 24.8 Å². The van der Waals surface area contributed by atoms with Gasteiger partial charge < -0.3 is 74.6 Å². The van der Waals surface area contributed by atoms with Crippen molar-refractivity contribution in [3.8, 4) is 0 Å². The number of hydrogen-bond donors (Lipinski definition) is 8. The third-order valence-corrected chi connectivity index (χ3v) is 19.4. The van der Waals surface area contributed by atoms with Crippen LogP contribution in [0.2, 0.25) is 0 Å². The highest BCUT2D eigenvalue weighted by Crippen LogP contribution is 2.75. The molecule has 428 valence electrons. The van der Waals surface area contributed by atoms with E-state index in [-0.39, 0.29) is 55.3 Å². The molecule has 0 aromatic carbocycles. The molecule has 22 nitrogen and oxygen atoms in total. The van der Waals surface area contributed by atoms with Crippen molar-refractivity contribution in [2.24, 2.45) is 50.2 Å². The Morgan fingerprint density at radius 1 is 0.618 bits per heavy atom. The van der Waals surface area contributed by atoms with E-state index in [0.29, 0.717) is 38.5 Å². The molecule has 2 saturated heterocycles. The molecular weight excluding hydrogens is 995 g/mol. The predicted molar refractivity (Wildman–Crippen MR) is 265 cm³/mol. The fourth-order valence-electron chi connectivity index (χ4n) is 14.9. The molecule has 0 radical (unpaired) electrons. The van der Waals surface area contributed by atoms with Crippen LogP contribution in [0.5, 0.6) is 0 Å². The van der Waals surface area contributed by atoms with Crippen molar-refractivity contribution in [2.75, 3.05) is 39.5 Å². The van der Waals surface area contributed by atoms with Crippen molar-refractivity contribution in [2.45, 2.75) is 195 Å². The molecule has 8 N–H and O–H groups in total. The molecule has 0 bridgehead atoms. The number of nitrogens with one attached hydrogen (secondary N) is 3. The fraction of sp³-hybridized carbons (Fsp3) is 0.833. The Morgan fingerprint density at radius 3 is 1.71 bits per heavy atom. The van der Waals surface area contributed by atoms with E-state index in [1.54, 1.807) is 20.8 Å². The minimum absolute atomic E-state index is 0.0241. The van der Waals surface area contributed by atoms with Gasteiger partial charge in [-0.2, -0.15) is 0 Å². The standard InChI is InChI=1S/C54H83N3O19/c1-11-70-32(59)24-55-44(67)40-36(63)35(62)39(66)46(74-40)76-42-38(65)37(64)41(45(68)56-25-33(60)71-12-2)75-47(42)73-31-15-16-52(8)30(49(31,4)5)14-17-54(10)43(52)29(58)22-27-28-23-51(7,48(69)57-26-34(61)72-13-3)19-18-50(28,6)20-21-53(27,54)9/h22,28,30-31,35-43,46-47,62-66H,11-21,23-26H2,1-10H3,(H,55,67)(H,56,68)(H,57,69). The third-order valence-electron chi connectivity index (χ3n) is 19.4. The maximum Gasteiger partial charge on any atom is 0.325 e. The van der Waals surface area contributed by atoms with Gasteiger partial charge in [0.15, 0.2) is 30.6 Å². The summed E-state index contributed by atoms with van der Waals surface area (Å²) in [5.41, 5.74) is -2.00. The van der Waals surface area contributed by atoms with Crippen molar-refractivity contribution < 1.29 is 92.3 Å². The first-order valence-electron chi connectivity index (χ1n) is 27.2. The number of carbonyl (C=O) groups excluding carboxylic acids is 7. The molecule has 76 heavy (non-hydrogen) atoms. The number of ketones is 1. The van der Waals surface area contributed by atoms with Crippen LogP contribution < -0.4 is 16.0 Å². The lowest BCUT2D eigenvalue weighted by Gasteiger charge is -2.70. The maximum atomic E-state index is 15.3. The minimum atomic E-state index is -2.07. The van der Waals surface area contributed by atoms with Gasteiger partial charge in [-0.25, -0.2) is 0 Å². The second-order valence-corrected chi connectivity index (χ2v) is 24.2. The summed E-state index contributed by atoms with van der Waals surface area (Å²) in [4.78, 5) is 92.4. The molecule has 0 aromatic rings. The zero-order valence-corrected chi connectivity index (χ0v) is 45.7. The molecule has 7 aliphatic rings. The van der Waals surface area contributed by atoms with Crippen LogP contribution in [0, 0.1) is 50.2 Å². The SMILES string of the molecule is CCOC(=O)CNC(=O)C1OC(OC2C(OC3CCC4(C)C(CCC5(C)C4C(=O)C=C4C6CC(C)(C(=O)NCC(=O)OCC)CCC6(C)CCC45C)C3(C)C)OC(C(=O)NCC(=O)OCC)C(O)C2O)C(O)C(O)C1O. The lowest BCUT2D eigenvalue weighted by molar-refractivity contribution is -0.369. The number of carbonyl (C=O) groups is 7. The first-order chi connectivity index (χ1) is 35.6. The highest BCUT2D eigenvalue weighted by Gasteiger charge is 2.71. The molecule has 22 heteroatoms. The van der Waals surface area contributed by atoms with Crippen molar-refractivity contribution >= 4 is 41.4 Å². The Bertz CT molecular complexity index is 2260. The smallest absolute Gasteiger partial charge is 0.325 e. The van der Waals surface area contributed by atoms with Crippen LogP contribution in [0.4, 0.5) is 0 Å². The lowest BCUT2D eigenvalue weighted by Crippen LogP contribution is -2.68. The van der Waals surface area contributed by atoms with Crippen LogP contribution in [0.3, 0.4) is 0 Å². The summed E-state index contributed by atoms with van der Waals surface area (Å²) < 4.78 is 39.6. The highest BCUT2D eigenvalue weighted by molar-refractivity contribution is 5.96. The number of hydrogen-bond acceptors (Lipinski definition) is 19. The quantitative estimate of drug-likeness (QED) is 0.0608. The fourth-order valence-corrected chi connectivity index (χ4v) is 14.9. The Labute approximate surface area is 444 Å². The molecule has 6 fully saturated rings. The number of allylic oxidation sites excluding steroid dienone is 2. The van der Waals surface area contributed by atoms with Gasteiger partial charge in [0.05, 0.1) is 25.9 Å². The molecule has 5 aliphatic carbocycles. The van der Waals surface area contributed by atoms with Crippen molar-refractivity contribution in [1.82, 2.24) is 16.0 Å². The van der Waals surface area contributed by atoms with Gasteiger partial charge in [0.25, 0.3) is 11.8 Å². The summed E-state index contributed by atoms with van der Waals surface area (Å²) in [6.07, 6.45) is -12.4. The monoisotopic (exact) mass is 1080 g/mol. The van der Waals surface area contributed by atoms with Gasteiger partial charge in [0.1, 0.15) is 56.3 Å². The minimum Gasteiger partial charge on any atom is -0.465 e. The first kappa shape index (κ1) is 59.5. The molecule has 19 atom stereocenters. The van der Waals surface area contributed by atoms with E-state index in [4.69, 9.17) is 33.2 Å². The second kappa shape index (κ2) is 22.5. The second-order valence-electron chi connectivity index (χ2n) is 24.2. The summed E-state index contributed by atoms with van der Waals surface area (Å²) >= 11 is 0. The van der Waals surface area contributed by atoms with Crippen LogP contribution in [0.25, 0.3) is 0 Å². The summed E-state index contributed by atoms with van der Waals surface area (Å²) in [5.74, 6) is -4.91. The van der Waals surface area contributed by atoms with Crippen molar-refractivity contribution in [3.63, 3.8) is 0 Å². The van der Waals surface area contributed by atoms with Crippen LogP contribution in [0.1, 0.15) is 127 Å². The van der Waals surface area contributed by atoms with Crippen molar-refractivity contribution in [1.29, 1.82) is 0 Å². The molecule has 3 amide bonds. The number of amides is 3. The van der Waals surface area contributed by atoms with E-state index in [9.17, 15) is 54.3 Å². The average Bonchev–Trinajstić information content (AvgIpc) is 3.40. The lowest BCUT2D eigenvalue weighted by atomic mass is 9.33. The van der Waals surface area contributed by atoms with Gasteiger partial charge in [-0.3, -0.25) is 33.6 Å². The van der Waals surface area contributed by atoms with Crippen LogP contribution in [0.15, 0.2) is 11.6 Å². The Kier molecular flexibility index (Phi) is 17.7. The molecule has 2 aliphatic heterocycles. The van der Waals surface area contributed by atoms with Gasteiger partial charge in [-0.15, -0.1) is 0 Å². The molecule has 0 aromatic heterocycles. The molecule has 7 rings (SSSR count). The zero-order chi connectivity index (χ0) is 56.1. The number of fused-ring (bicyclic) bond motifs is 7. The predicted octanol–water partition coefficient (Wildman–Crippen LogP) is 1.03. The van der Waals surface area contributed by atoms with Gasteiger partial charge >= 0.3 is 17.9 Å². The van der Waals surface area contributed by atoms with E-state index < -0.39 is 143 Å². The maximum absolute atomic E-state index is 15.3. The normalized spacial score (nSPS) is 42.5. The van der Waals surface area contributed by atoms with E-state index in [1.807, 2.05) is 26.8 Å². The van der Waals surface area contributed by atoms with E-state index in [1.165, 1.54) is 0 Å². The topological polar surface area (TPSA) is 321 Å². The first-order valence-corrected chi connectivity index (χ1v) is 27.2. The van der Waals surface area contributed by atoms with Gasteiger partial charge in [0, 0.05) is 11.3 Å². The molecular formula is C54H83N3O19. The summed E-state index contributed by atoms with van der Waals surface area (Å²) in [6, 6.07) is 0. The number of esters is 3. The Balaban J connectivity index is 1.15. The van der Waals surface area contributed by atoms with Crippen LogP contribution in [-0.2, 0) is 66.7 Å². The van der Waals surface area contributed by atoms with Crippen LogP contribution in [-0.4, -0.2) is 174 Å². The van der Waals surface area contributed by atoms with Gasteiger partial charge in [-0.1, -0.05) is 54.0 Å². The number of ether oxygens (including phenoxy) is 7. The Hall–Kier alpha value is -4.13. The molecule has 0 spiro atoms. The van der Waals surface area contributed by atoms with Crippen LogP contribution >= 0.6 is 0 Å². The summed E-state index contributed by atoms with van der Waals surface area (Å²) in [6.45, 7) is 18.7. The van der Waals surface area contributed by atoms with E-state index in [2.05, 4.69) is 43.6 Å². The zero-order valence-electron chi connectivity index (χ0n) is 45.7. The highest BCUT2D eigenvalue weighted by atomic mass is 16.8. The van der Waals surface area contributed by atoms with E-state index >= 15 is 4.79 Å². The number of aliphatic hydroxyl groups excluding tert-OH is 5. The van der Waals surface area contributed by atoms with Gasteiger partial charge in [0.2, 0.25) is 5.91 Å². The van der Waals surface area contributed by atoms with Crippen molar-refractivity contribution in [3.05, 3.63) is 11.6 Å². The summed E-state index contributed by atoms with van der Waals surface area (Å²) in [7, 11) is 0.